The molecule has 76 valence electrons. The molecule has 0 spiro atoms. The summed E-state index contributed by atoms with van der Waals surface area (Å²) in [5, 5.41) is 9.95. The number of carbonyl (C=O) groups excluding carboxylic acids is 1. The molecule has 1 fully saturated rings. The Balaban J connectivity index is 1.89. The molecular formula is C8H12N4O2. The number of hydrogen-bond donors (Lipinski definition) is 2. The van der Waals surface area contributed by atoms with E-state index in [2.05, 4.69) is 20.3 Å². The average Bonchev–Trinajstić information content (AvgIpc) is 2.77. The zero-order valence-corrected chi connectivity index (χ0v) is 7.91. The SMILES string of the molecule is Cc1nonc1CNC(=O)C1(N)CC1. The Labute approximate surface area is 80.8 Å². The Kier molecular flexibility index (Phi) is 1.99. The Morgan fingerprint density at radius 3 is 2.86 bits per heavy atom. The number of amides is 1. The molecule has 2 rings (SSSR count). The molecule has 0 atom stereocenters. The van der Waals surface area contributed by atoms with Crippen LogP contribution in [0, 0.1) is 6.92 Å². The van der Waals surface area contributed by atoms with Gasteiger partial charge in [0.15, 0.2) is 0 Å². The minimum atomic E-state index is -0.634. The molecule has 1 aliphatic carbocycles. The lowest BCUT2D eigenvalue weighted by molar-refractivity contribution is -0.123. The highest BCUT2D eigenvalue weighted by Gasteiger charge is 2.45. The van der Waals surface area contributed by atoms with Crippen LogP contribution in [0.3, 0.4) is 0 Å². The average molecular weight is 196 g/mol. The van der Waals surface area contributed by atoms with Crippen molar-refractivity contribution in [1.82, 2.24) is 15.6 Å². The van der Waals surface area contributed by atoms with Crippen LogP contribution in [0.5, 0.6) is 0 Å². The molecule has 1 heterocycles. The van der Waals surface area contributed by atoms with Gasteiger partial charge in [0.2, 0.25) is 5.91 Å². The molecule has 14 heavy (non-hydrogen) atoms. The smallest absolute Gasteiger partial charge is 0.240 e. The molecule has 0 aromatic carbocycles. The summed E-state index contributed by atoms with van der Waals surface area (Å²) >= 11 is 0. The van der Waals surface area contributed by atoms with Gasteiger partial charge in [0, 0.05) is 0 Å². The predicted molar refractivity (Wildman–Crippen MR) is 47.0 cm³/mol. The fourth-order valence-electron chi connectivity index (χ4n) is 1.11. The van der Waals surface area contributed by atoms with Crippen molar-refractivity contribution in [2.24, 2.45) is 5.73 Å². The third-order valence-corrected chi connectivity index (χ3v) is 2.40. The van der Waals surface area contributed by atoms with Crippen LogP contribution in [0.1, 0.15) is 24.2 Å². The summed E-state index contributed by atoms with van der Waals surface area (Å²) < 4.78 is 4.50. The van der Waals surface area contributed by atoms with Crippen molar-refractivity contribution in [2.75, 3.05) is 0 Å². The Morgan fingerprint density at radius 2 is 2.36 bits per heavy atom. The number of aromatic nitrogens is 2. The number of nitrogens with one attached hydrogen (secondary N) is 1. The van der Waals surface area contributed by atoms with Gasteiger partial charge in [0.25, 0.3) is 0 Å². The lowest BCUT2D eigenvalue weighted by Gasteiger charge is -2.07. The molecular weight excluding hydrogens is 184 g/mol. The minimum Gasteiger partial charge on any atom is -0.349 e. The van der Waals surface area contributed by atoms with Crippen LogP contribution in [-0.4, -0.2) is 21.8 Å². The van der Waals surface area contributed by atoms with Gasteiger partial charge in [0.05, 0.1) is 12.1 Å². The van der Waals surface area contributed by atoms with Crippen LogP contribution in [-0.2, 0) is 11.3 Å². The van der Waals surface area contributed by atoms with Gasteiger partial charge in [0.1, 0.15) is 11.4 Å². The molecule has 0 saturated heterocycles. The van der Waals surface area contributed by atoms with Gasteiger partial charge in [-0.3, -0.25) is 4.79 Å². The number of hydrogen-bond acceptors (Lipinski definition) is 5. The van der Waals surface area contributed by atoms with Gasteiger partial charge in [-0.15, -0.1) is 0 Å². The number of rotatable bonds is 3. The summed E-state index contributed by atoms with van der Waals surface area (Å²) in [6.45, 7) is 2.10. The van der Waals surface area contributed by atoms with E-state index >= 15 is 0 Å². The first-order chi connectivity index (χ1) is 6.62. The van der Waals surface area contributed by atoms with Crippen LogP contribution in [0.4, 0.5) is 0 Å². The standard InChI is InChI=1S/C8H12N4O2/c1-5-6(12-14-11-5)4-10-7(13)8(9)2-3-8/h2-4,9H2,1H3,(H,10,13). The summed E-state index contributed by atoms with van der Waals surface area (Å²) in [5.74, 6) is -0.125. The molecule has 1 aromatic heterocycles. The van der Waals surface area contributed by atoms with Gasteiger partial charge in [-0.25, -0.2) is 4.63 Å². The van der Waals surface area contributed by atoms with Crippen molar-refractivity contribution in [3.63, 3.8) is 0 Å². The summed E-state index contributed by atoms with van der Waals surface area (Å²) in [5.41, 5.74) is 6.39. The molecule has 3 N–H and O–H groups in total. The van der Waals surface area contributed by atoms with Crippen LogP contribution in [0.15, 0.2) is 4.63 Å². The van der Waals surface area contributed by atoms with Crippen molar-refractivity contribution in [2.45, 2.75) is 31.8 Å². The Morgan fingerprint density at radius 1 is 1.64 bits per heavy atom. The highest BCUT2D eigenvalue weighted by Crippen LogP contribution is 2.32. The molecule has 0 unspecified atom stereocenters. The van der Waals surface area contributed by atoms with Gasteiger partial charge < -0.3 is 11.1 Å². The second-order valence-corrected chi connectivity index (χ2v) is 3.64. The molecule has 6 heteroatoms. The van der Waals surface area contributed by atoms with Crippen molar-refractivity contribution < 1.29 is 9.42 Å². The highest BCUT2D eigenvalue weighted by atomic mass is 16.6. The normalized spacial score (nSPS) is 17.9. The molecule has 0 bridgehead atoms. The number of carbonyl (C=O) groups is 1. The van der Waals surface area contributed by atoms with Crippen LogP contribution in [0.2, 0.25) is 0 Å². The third kappa shape index (κ3) is 1.60. The lowest BCUT2D eigenvalue weighted by Crippen LogP contribution is -2.42. The fourth-order valence-corrected chi connectivity index (χ4v) is 1.11. The molecule has 0 radical (unpaired) electrons. The molecule has 1 aliphatic rings. The Hall–Kier alpha value is -1.43. The molecule has 1 amide bonds. The van der Waals surface area contributed by atoms with E-state index in [1.54, 1.807) is 6.92 Å². The summed E-state index contributed by atoms with van der Waals surface area (Å²) in [6, 6.07) is 0. The van der Waals surface area contributed by atoms with E-state index in [0.29, 0.717) is 17.9 Å². The second-order valence-electron chi connectivity index (χ2n) is 3.64. The van der Waals surface area contributed by atoms with Gasteiger partial charge in [-0.2, -0.15) is 0 Å². The van der Waals surface area contributed by atoms with Crippen LogP contribution >= 0.6 is 0 Å². The summed E-state index contributed by atoms with van der Waals surface area (Å²) in [4.78, 5) is 11.4. The summed E-state index contributed by atoms with van der Waals surface area (Å²) in [7, 11) is 0. The lowest BCUT2D eigenvalue weighted by atomic mass is 10.2. The largest absolute Gasteiger partial charge is 0.349 e. The van der Waals surface area contributed by atoms with Crippen molar-refractivity contribution >= 4 is 5.91 Å². The minimum absolute atomic E-state index is 0.125. The van der Waals surface area contributed by atoms with E-state index in [-0.39, 0.29) is 5.91 Å². The maximum Gasteiger partial charge on any atom is 0.240 e. The Bertz CT molecular complexity index is 356. The molecule has 1 aromatic rings. The van der Waals surface area contributed by atoms with Crippen molar-refractivity contribution in [3.05, 3.63) is 11.4 Å². The third-order valence-electron chi connectivity index (χ3n) is 2.40. The van der Waals surface area contributed by atoms with E-state index in [9.17, 15) is 4.79 Å². The first-order valence-electron chi connectivity index (χ1n) is 4.47. The van der Waals surface area contributed by atoms with Crippen molar-refractivity contribution in [1.29, 1.82) is 0 Å². The molecule has 6 nitrogen and oxygen atoms in total. The first kappa shape index (κ1) is 9.14. The van der Waals surface area contributed by atoms with Gasteiger partial charge >= 0.3 is 0 Å². The fraction of sp³-hybridized carbons (Fsp3) is 0.625. The van der Waals surface area contributed by atoms with Gasteiger partial charge in [-0.05, 0) is 19.8 Å². The maximum atomic E-state index is 11.4. The van der Waals surface area contributed by atoms with E-state index in [0.717, 1.165) is 12.8 Å². The van der Waals surface area contributed by atoms with Crippen molar-refractivity contribution in [3.8, 4) is 0 Å². The quantitative estimate of drug-likeness (QED) is 0.678. The van der Waals surface area contributed by atoms with E-state index < -0.39 is 5.54 Å². The topological polar surface area (TPSA) is 94.0 Å². The second kappa shape index (κ2) is 3.06. The van der Waals surface area contributed by atoms with E-state index in [1.165, 1.54) is 0 Å². The maximum absolute atomic E-state index is 11.4. The van der Waals surface area contributed by atoms with Crippen LogP contribution < -0.4 is 11.1 Å². The first-order valence-corrected chi connectivity index (χ1v) is 4.47. The predicted octanol–water partition coefficient (Wildman–Crippen LogP) is -0.514. The molecule has 0 aliphatic heterocycles. The zero-order chi connectivity index (χ0) is 10.2. The monoisotopic (exact) mass is 196 g/mol. The summed E-state index contributed by atoms with van der Waals surface area (Å²) in [6.07, 6.45) is 1.52. The number of nitrogens with two attached hydrogens (primary N) is 1. The number of aryl methyl sites for hydroxylation is 1. The van der Waals surface area contributed by atoms with E-state index in [4.69, 9.17) is 5.73 Å². The van der Waals surface area contributed by atoms with Crippen LogP contribution in [0.25, 0.3) is 0 Å². The zero-order valence-electron chi connectivity index (χ0n) is 7.91. The highest BCUT2D eigenvalue weighted by molar-refractivity contribution is 5.88. The van der Waals surface area contributed by atoms with Gasteiger partial charge in [-0.1, -0.05) is 10.3 Å². The van der Waals surface area contributed by atoms with E-state index in [1.807, 2.05) is 0 Å². The number of nitrogens with zero attached hydrogens (tertiary/aromatic N) is 2. The molecule has 1 saturated carbocycles.